The fraction of sp³-hybridized carbons (Fsp3) is 0.500. The Morgan fingerprint density at radius 1 is 1.38 bits per heavy atom. The summed E-state index contributed by atoms with van der Waals surface area (Å²) in [5.74, 6) is 3.28. The van der Waals surface area contributed by atoms with Gasteiger partial charge in [-0.25, -0.2) is 0 Å². The third kappa shape index (κ3) is 2.98. The molecule has 0 unspecified atom stereocenters. The zero-order chi connectivity index (χ0) is 11.4. The number of hydrogen-bond acceptors (Lipinski definition) is 3. The summed E-state index contributed by atoms with van der Waals surface area (Å²) in [6.07, 6.45) is 2.43. The van der Waals surface area contributed by atoms with Crippen LogP contribution in [-0.2, 0) is 0 Å². The maximum absolute atomic E-state index is 6.18. The zero-order valence-corrected chi connectivity index (χ0v) is 10.9. The van der Waals surface area contributed by atoms with Crippen LogP contribution in [0, 0.1) is 0 Å². The molecule has 1 heterocycles. The van der Waals surface area contributed by atoms with Gasteiger partial charge < -0.3 is 10.1 Å². The van der Waals surface area contributed by atoms with Crippen LogP contribution in [0.4, 0.5) is 5.69 Å². The van der Waals surface area contributed by atoms with E-state index >= 15 is 0 Å². The van der Waals surface area contributed by atoms with Gasteiger partial charge in [-0.2, -0.15) is 11.8 Å². The summed E-state index contributed by atoms with van der Waals surface area (Å²) in [5.41, 5.74) is 1.01. The first-order valence-electron chi connectivity index (χ1n) is 5.47. The molecular weight excluding hydrogens is 242 g/mol. The van der Waals surface area contributed by atoms with Crippen LogP contribution >= 0.6 is 23.4 Å². The minimum absolute atomic E-state index is 0.562. The number of anilines is 1. The fourth-order valence-corrected chi connectivity index (χ4v) is 3.13. The second-order valence-corrected chi connectivity index (χ2v) is 5.51. The highest BCUT2D eigenvalue weighted by molar-refractivity contribution is 7.99. The van der Waals surface area contributed by atoms with Crippen molar-refractivity contribution in [2.45, 2.75) is 18.9 Å². The molecule has 1 aromatic carbocycles. The molecule has 0 atom stereocenters. The van der Waals surface area contributed by atoms with E-state index in [4.69, 9.17) is 16.3 Å². The summed E-state index contributed by atoms with van der Waals surface area (Å²) in [6.45, 7) is 0. The molecule has 0 aliphatic carbocycles. The molecule has 2 rings (SSSR count). The molecule has 4 heteroatoms. The Morgan fingerprint density at radius 3 is 2.75 bits per heavy atom. The van der Waals surface area contributed by atoms with Crippen molar-refractivity contribution in [3.05, 3.63) is 23.2 Å². The SMILES string of the molecule is COc1ccc(NC2CCSCC2)c(Cl)c1. The number of nitrogens with one attached hydrogen (secondary N) is 1. The van der Waals surface area contributed by atoms with Crippen molar-refractivity contribution in [3.8, 4) is 5.75 Å². The van der Waals surface area contributed by atoms with Crippen molar-refractivity contribution in [2.75, 3.05) is 23.9 Å². The fourth-order valence-electron chi connectivity index (χ4n) is 1.80. The number of benzene rings is 1. The highest BCUT2D eigenvalue weighted by Gasteiger charge is 2.14. The number of thioether (sulfide) groups is 1. The van der Waals surface area contributed by atoms with E-state index in [1.165, 1.54) is 24.3 Å². The smallest absolute Gasteiger partial charge is 0.120 e. The Labute approximate surface area is 106 Å². The number of hydrogen-bond donors (Lipinski definition) is 1. The van der Waals surface area contributed by atoms with Crippen molar-refractivity contribution in [3.63, 3.8) is 0 Å². The normalized spacial score (nSPS) is 17.1. The quantitative estimate of drug-likeness (QED) is 0.893. The zero-order valence-electron chi connectivity index (χ0n) is 9.33. The molecule has 88 valence electrons. The second-order valence-electron chi connectivity index (χ2n) is 3.88. The summed E-state index contributed by atoms with van der Waals surface area (Å²) in [6, 6.07) is 6.34. The van der Waals surface area contributed by atoms with E-state index in [0.717, 1.165) is 16.5 Å². The van der Waals surface area contributed by atoms with Crippen LogP contribution in [0.1, 0.15) is 12.8 Å². The van der Waals surface area contributed by atoms with Crippen molar-refractivity contribution in [1.82, 2.24) is 0 Å². The standard InChI is InChI=1S/C12H16ClNOS/c1-15-10-2-3-12(11(13)8-10)14-9-4-6-16-7-5-9/h2-3,8-9,14H,4-7H2,1H3. The van der Waals surface area contributed by atoms with Crippen molar-refractivity contribution < 1.29 is 4.74 Å². The lowest BCUT2D eigenvalue weighted by molar-refractivity contribution is 0.415. The Kier molecular flexibility index (Phi) is 4.24. The van der Waals surface area contributed by atoms with Crippen LogP contribution in [0.5, 0.6) is 5.75 Å². The number of rotatable bonds is 3. The van der Waals surface area contributed by atoms with E-state index in [-0.39, 0.29) is 0 Å². The van der Waals surface area contributed by atoms with Gasteiger partial charge in [-0.15, -0.1) is 0 Å². The van der Waals surface area contributed by atoms with Gasteiger partial charge in [0.25, 0.3) is 0 Å². The van der Waals surface area contributed by atoms with E-state index in [9.17, 15) is 0 Å². The van der Waals surface area contributed by atoms with Gasteiger partial charge in [0.05, 0.1) is 17.8 Å². The molecule has 0 spiro atoms. The minimum Gasteiger partial charge on any atom is -0.497 e. The van der Waals surface area contributed by atoms with E-state index in [1.807, 2.05) is 30.0 Å². The Hall–Kier alpha value is -0.540. The monoisotopic (exact) mass is 257 g/mol. The van der Waals surface area contributed by atoms with Crippen LogP contribution in [0.3, 0.4) is 0 Å². The van der Waals surface area contributed by atoms with Gasteiger partial charge in [0, 0.05) is 12.1 Å². The number of halogens is 1. The first-order valence-corrected chi connectivity index (χ1v) is 7.00. The number of methoxy groups -OCH3 is 1. The molecule has 0 amide bonds. The van der Waals surface area contributed by atoms with Gasteiger partial charge >= 0.3 is 0 Å². The molecule has 1 aromatic rings. The van der Waals surface area contributed by atoms with Gasteiger partial charge in [-0.1, -0.05) is 11.6 Å². The highest BCUT2D eigenvalue weighted by atomic mass is 35.5. The lowest BCUT2D eigenvalue weighted by Crippen LogP contribution is -2.24. The Balaban J connectivity index is 2.03. The Morgan fingerprint density at radius 2 is 2.12 bits per heavy atom. The molecule has 0 radical (unpaired) electrons. The summed E-state index contributed by atoms with van der Waals surface area (Å²) < 4.78 is 5.12. The molecule has 1 aliphatic rings. The van der Waals surface area contributed by atoms with Gasteiger partial charge in [0.1, 0.15) is 5.75 Å². The molecule has 0 aromatic heterocycles. The van der Waals surface area contributed by atoms with E-state index in [1.54, 1.807) is 7.11 Å². The lowest BCUT2D eigenvalue weighted by atomic mass is 10.1. The lowest BCUT2D eigenvalue weighted by Gasteiger charge is -2.24. The highest BCUT2D eigenvalue weighted by Crippen LogP contribution is 2.29. The first kappa shape index (κ1) is 11.9. The topological polar surface area (TPSA) is 21.3 Å². The average molecular weight is 258 g/mol. The van der Waals surface area contributed by atoms with E-state index < -0.39 is 0 Å². The van der Waals surface area contributed by atoms with Gasteiger partial charge in [-0.3, -0.25) is 0 Å². The van der Waals surface area contributed by atoms with Gasteiger partial charge in [-0.05, 0) is 36.5 Å². The molecule has 1 aliphatic heterocycles. The Bertz CT molecular complexity index is 353. The van der Waals surface area contributed by atoms with Crippen molar-refractivity contribution in [2.24, 2.45) is 0 Å². The summed E-state index contributed by atoms with van der Waals surface area (Å²) in [5, 5.41) is 4.23. The molecule has 1 N–H and O–H groups in total. The third-order valence-corrected chi connectivity index (χ3v) is 4.12. The molecule has 16 heavy (non-hydrogen) atoms. The summed E-state index contributed by atoms with van der Waals surface area (Å²) in [7, 11) is 1.65. The average Bonchev–Trinajstić information content (AvgIpc) is 2.33. The van der Waals surface area contributed by atoms with Crippen LogP contribution in [0.25, 0.3) is 0 Å². The molecule has 0 saturated carbocycles. The molecule has 1 fully saturated rings. The van der Waals surface area contributed by atoms with E-state index in [0.29, 0.717) is 6.04 Å². The summed E-state index contributed by atoms with van der Waals surface area (Å²) >= 11 is 8.21. The van der Waals surface area contributed by atoms with Crippen LogP contribution < -0.4 is 10.1 Å². The predicted octanol–water partition coefficient (Wildman–Crippen LogP) is 3.66. The maximum atomic E-state index is 6.18. The van der Waals surface area contributed by atoms with Gasteiger partial charge in [0.15, 0.2) is 0 Å². The molecule has 2 nitrogen and oxygen atoms in total. The second kappa shape index (κ2) is 5.69. The van der Waals surface area contributed by atoms with Crippen LogP contribution in [-0.4, -0.2) is 24.7 Å². The van der Waals surface area contributed by atoms with Crippen molar-refractivity contribution in [1.29, 1.82) is 0 Å². The third-order valence-electron chi connectivity index (χ3n) is 2.76. The minimum atomic E-state index is 0.562. The number of ether oxygens (including phenoxy) is 1. The van der Waals surface area contributed by atoms with Crippen LogP contribution in [0.15, 0.2) is 18.2 Å². The van der Waals surface area contributed by atoms with Crippen LogP contribution in [0.2, 0.25) is 5.02 Å². The molecular formula is C12H16ClNOS. The van der Waals surface area contributed by atoms with Gasteiger partial charge in [0.2, 0.25) is 0 Å². The molecule has 0 bridgehead atoms. The summed E-state index contributed by atoms with van der Waals surface area (Å²) in [4.78, 5) is 0. The molecule has 1 saturated heterocycles. The van der Waals surface area contributed by atoms with Crippen molar-refractivity contribution >= 4 is 29.1 Å². The first-order chi connectivity index (χ1) is 7.79. The predicted molar refractivity (Wildman–Crippen MR) is 72.0 cm³/mol. The maximum Gasteiger partial charge on any atom is 0.120 e. The van der Waals surface area contributed by atoms with E-state index in [2.05, 4.69) is 5.32 Å². The largest absolute Gasteiger partial charge is 0.497 e.